The van der Waals surface area contributed by atoms with E-state index in [0.717, 1.165) is 14.7 Å². The van der Waals surface area contributed by atoms with Crippen molar-refractivity contribution < 1.29 is 0 Å². The Morgan fingerprint density at radius 3 is 2.37 bits per heavy atom. The fourth-order valence-corrected chi connectivity index (χ4v) is 3.15. The minimum absolute atomic E-state index is 0.165. The van der Waals surface area contributed by atoms with Crippen LogP contribution in [0.3, 0.4) is 0 Å². The van der Waals surface area contributed by atoms with E-state index in [-0.39, 0.29) is 6.04 Å². The molecule has 0 fully saturated rings. The lowest BCUT2D eigenvalue weighted by molar-refractivity contribution is 0.718. The summed E-state index contributed by atoms with van der Waals surface area (Å²) in [6.07, 6.45) is 0.621. The second kappa shape index (κ2) is 6.64. The second-order valence-corrected chi connectivity index (χ2v) is 6.65. The van der Waals surface area contributed by atoms with E-state index in [0.29, 0.717) is 21.5 Å². The zero-order valence-corrected chi connectivity index (χ0v) is 14.3. The van der Waals surface area contributed by atoms with E-state index in [1.165, 1.54) is 0 Å². The van der Waals surface area contributed by atoms with Gasteiger partial charge in [-0.1, -0.05) is 34.8 Å². The fraction of sp³-hybridized carbons (Fsp3) is 0.143. The largest absolute Gasteiger partial charge is 0.324 e. The molecule has 1 nitrogen and oxygen atoms in total. The minimum atomic E-state index is -0.165. The average molecular weight is 427 g/mol. The van der Waals surface area contributed by atoms with Gasteiger partial charge in [-0.3, -0.25) is 0 Å². The van der Waals surface area contributed by atoms with Crippen molar-refractivity contribution in [2.24, 2.45) is 5.73 Å². The maximum Gasteiger partial charge on any atom is 0.0439 e. The summed E-state index contributed by atoms with van der Waals surface area (Å²) in [5.41, 5.74) is 8.21. The lowest BCUT2D eigenvalue weighted by Crippen LogP contribution is -2.15. The van der Waals surface area contributed by atoms with Gasteiger partial charge in [0.1, 0.15) is 0 Å². The first-order valence-corrected chi connectivity index (χ1v) is 7.83. The molecule has 1 atom stereocenters. The normalized spacial score (nSPS) is 12.5. The third-order valence-corrected chi connectivity index (χ3v) is 4.63. The lowest BCUT2D eigenvalue weighted by atomic mass is 10.00. The number of hydrogen-bond donors (Lipinski definition) is 1. The Balaban J connectivity index is 2.27. The predicted molar refractivity (Wildman–Crippen MR) is 91.3 cm³/mol. The van der Waals surface area contributed by atoms with Crippen LogP contribution in [0.2, 0.25) is 15.1 Å². The number of rotatable bonds is 3. The van der Waals surface area contributed by atoms with Crippen LogP contribution < -0.4 is 5.73 Å². The van der Waals surface area contributed by atoms with Crippen LogP contribution in [0.5, 0.6) is 0 Å². The van der Waals surface area contributed by atoms with Crippen molar-refractivity contribution in [3.05, 3.63) is 66.2 Å². The van der Waals surface area contributed by atoms with Crippen molar-refractivity contribution in [2.75, 3.05) is 0 Å². The molecule has 2 aromatic rings. The zero-order valence-electron chi connectivity index (χ0n) is 9.84. The molecule has 0 spiro atoms. The highest BCUT2D eigenvalue weighted by molar-refractivity contribution is 14.1. The first-order valence-electron chi connectivity index (χ1n) is 5.62. The molecule has 0 aromatic heterocycles. The summed E-state index contributed by atoms with van der Waals surface area (Å²) >= 11 is 20.4. The van der Waals surface area contributed by atoms with Crippen molar-refractivity contribution >= 4 is 57.4 Å². The van der Waals surface area contributed by atoms with Crippen LogP contribution in [0.1, 0.15) is 17.2 Å². The molecule has 2 rings (SSSR count). The van der Waals surface area contributed by atoms with Gasteiger partial charge in [-0.2, -0.15) is 0 Å². The molecule has 0 heterocycles. The molecule has 100 valence electrons. The van der Waals surface area contributed by atoms with Gasteiger partial charge in [-0.25, -0.2) is 0 Å². The second-order valence-electron chi connectivity index (χ2n) is 4.21. The maximum atomic E-state index is 6.25. The number of halogens is 4. The fourth-order valence-electron chi connectivity index (χ4n) is 1.85. The standard InChI is InChI=1S/C14H11Cl3IN/c15-9-1-3-12(17)8(5-9)6-14(19)11-7-10(16)2-4-13(11)18/h1-5,7,14H,6,19H2. The van der Waals surface area contributed by atoms with Gasteiger partial charge in [0.2, 0.25) is 0 Å². The third kappa shape index (κ3) is 3.99. The monoisotopic (exact) mass is 425 g/mol. The van der Waals surface area contributed by atoms with Crippen LogP contribution >= 0.6 is 57.4 Å². The Hall–Kier alpha value is -0.000000000000000111. The van der Waals surface area contributed by atoms with E-state index in [9.17, 15) is 0 Å². The summed E-state index contributed by atoms with van der Waals surface area (Å²) in [7, 11) is 0. The van der Waals surface area contributed by atoms with Crippen LogP contribution in [-0.2, 0) is 6.42 Å². The summed E-state index contributed by atoms with van der Waals surface area (Å²) in [6, 6.07) is 10.9. The van der Waals surface area contributed by atoms with Gasteiger partial charge in [0.15, 0.2) is 0 Å². The number of benzene rings is 2. The van der Waals surface area contributed by atoms with Gasteiger partial charge in [0.25, 0.3) is 0 Å². The zero-order chi connectivity index (χ0) is 14.0. The van der Waals surface area contributed by atoms with E-state index in [4.69, 9.17) is 40.5 Å². The molecule has 19 heavy (non-hydrogen) atoms. The predicted octanol–water partition coefficient (Wildman–Crippen LogP) is 5.49. The first kappa shape index (κ1) is 15.4. The van der Waals surface area contributed by atoms with Crippen molar-refractivity contribution in [3.8, 4) is 0 Å². The molecule has 0 saturated carbocycles. The Bertz CT molecular complexity index is 601. The highest BCUT2D eigenvalue weighted by atomic mass is 127. The Labute approximate surface area is 141 Å². The lowest BCUT2D eigenvalue weighted by Gasteiger charge is -2.15. The Morgan fingerprint density at radius 2 is 1.63 bits per heavy atom. The van der Waals surface area contributed by atoms with E-state index in [1.807, 2.05) is 24.3 Å². The first-order chi connectivity index (χ1) is 8.97. The number of nitrogens with two attached hydrogens (primary N) is 1. The topological polar surface area (TPSA) is 26.0 Å². The smallest absolute Gasteiger partial charge is 0.0439 e. The van der Waals surface area contributed by atoms with Crippen LogP contribution in [0.25, 0.3) is 0 Å². The number of hydrogen-bond acceptors (Lipinski definition) is 1. The molecule has 0 aliphatic carbocycles. The van der Waals surface area contributed by atoms with Gasteiger partial charge in [0.05, 0.1) is 0 Å². The van der Waals surface area contributed by atoms with Crippen LogP contribution in [-0.4, -0.2) is 0 Å². The maximum absolute atomic E-state index is 6.25. The molecule has 2 N–H and O–H groups in total. The van der Waals surface area contributed by atoms with Gasteiger partial charge in [-0.15, -0.1) is 0 Å². The Kier molecular flexibility index (Phi) is 5.37. The summed E-state index contributed by atoms with van der Waals surface area (Å²) in [5, 5.41) is 2.02. The van der Waals surface area contributed by atoms with Crippen molar-refractivity contribution in [2.45, 2.75) is 12.5 Å². The van der Waals surface area contributed by atoms with Gasteiger partial charge in [-0.05, 0) is 76.5 Å². The summed E-state index contributed by atoms with van der Waals surface area (Å²) in [6.45, 7) is 0. The van der Waals surface area contributed by atoms with Gasteiger partial charge < -0.3 is 5.73 Å². The summed E-state index contributed by atoms with van der Waals surface area (Å²) in [5.74, 6) is 0. The molecule has 0 aliphatic rings. The third-order valence-electron chi connectivity index (χ3n) is 2.81. The molecule has 5 heteroatoms. The highest BCUT2D eigenvalue weighted by Crippen LogP contribution is 2.28. The SMILES string of the molecule is NC(Cc1cc(Cl)ccc1Cl)c1cc(Cl)ccc1I. The summed E-state index contributed by atoms with van der Waals surface area (Å²) in [4.78, 5) is 0. The quantitative estimate of drug-likeness (QED) is 0.645. The van der Waals surface area contributed by atoms with E-state index < -0.39 is 0 Å². The molecule has 0 amide bonds. The van der Waals surface area contributed by atoms with Crippen LogP contribution in [0.4, 0.5) is 0 Å². The molecule has 0 bridgehead atoms. The van der Waals surface area contributed by atoms with E-state index in [1.54, 1.807) is 12.1 Å². The van der Waals surface area contributed by atoms with Crippen molar-refractivity contribution in [3.63, 3.8) is 0 Å². The van der Waals surface area contributed by atoms with Crippen molar-refractivity contribution in [1.82, 2.24) is 0 Å². The van der Waals surface area contributed by atoms with Crippen LogP contribution in [0, 0.1) is 3.57 Å². The molecular weight excluding hydrogens is 415 g/mol. The molecule has 0 saturated heterocycles. The van der Waals surface area contributed by atoms with Crippen molar-refractivity contribution in [1.29, 1.82) is 0 Å². The average Bonchev–Trinajstić information content (AvgIpc) is 2.36. The highest BCUT2D eigenvalue weighted by Gasteiger charge is 2.13. The molecular formula is C14H11Cl3IN. The van der Waals surface area contributed by atoms with Gasteiger partial charge >= 0.3 is 0 Å². The van der Waals surface area contributed by atoms with Gasteiger partial charge in [0, 0.05) is 24.7 Å². The molecule has 2 aromatic carbocycles. The molecule has 0 radical (unpaired) electrons. The van der Waals surface area contributed by atoms with E-state index in [2.05, 4.69) is 22.6 Å². The minimum Gasteiger partial charge on any atom is -0.324 e. The van der Waals surface area contributed by atoms with E-state index >= 15 is 0 Å². The summed E-state index contributed by atoms with van der Waals surface area (Å²) < 4.78 is 1.09. The Morgan fingerprint density at radius 1 is 1.00 bits per heavy atom. The van der Waals surface area contributed by atoms with Crippen LogP contribution in [0.15, 0.2) is 36.4 Å². The molecule has 1 unspecified atom stereocenters. The molecule has 0 aliphatic heterocycles.